The predicted molar refractivity (Wildman–Crippen MR) is 68.9 cm³/mol. The lowest BCUT2D eigenvalue weighted by atomic mass is 9.97. The first-order valence-corrected chi connectivity index (χ1v) is 6.52. The van der Waals surface area contributed by atoms with Gasteiger partial charge in [0.05, 0.1) is 0 Å². The van der Waals surface area contributed by atoms with Crippen LogP contribution in [0.15, 0.2) is 18.2 Å². The molecular weight excluding hydrogens is 228 g/mol. The minimum Gasteiger partial charge on any atom is -0.398 e. The van der Waals surface area contributed by atoms with Crippen LogP contribution in [0.25, 0.3) is 0 Å². The minimum atomic E-state index is -0.215. The topological polar surface area (TPSA) is 55.6 Å². The normalized spacial score (nSPS) is 22.9. The van der Waals surface area contributed by atoms with Gasteiger partial charge in [-0.1, -0.05) is 12.1 Å². The van der Waals surface area contributed by atoms with Crippen LogP contribution in [0.5, 0.6) is 0 Å². The number of amides is 1. The zero-order chi connectivity index (χ0) is 12.5. The highest BCUT2D eigenvalue weighted by molar-refractivity contribution is 5.81. The number of nitrogen functional groups attached to an aromatic ring is 1. The number of hydrogen-bond acceptors (Lipinski definition) is 3. The van der Waals surface area contributed by atoms with Gasteiger partial charge in [0.25, 0.3) is 5.91 Å². The van der Waals surface area contributed by atoms with Gasteiger partial charge < -0.3 is 15.4 Å². The lowest BCUT2D eigenvalue weighted by Gasteiger charge is -2.31. The summed E-state index contributed by atoms with van der Waals surface area (Å²) in [6.07, 6.45) is 2.49. The first-order valence-electron chi connectivity index (χ1n) is 6.52. The third-order valence-electron chi connectivity index (χ3n) is 3.82. The number of benzene rings is 1. The zero-order valence-corrected chi connectivity index (χ0v) is 10.4. The second kappa shape index (κ2) is 4.61. The van der Waals surface area contributed by atoms with Crippen molar-refractivity contribution in [3.05, 3.63) is 29.3 Å². The first kappa shape index (κ1) is 11.5. The van der Waals surface area contributed by atoms with Gasteiger partial charge in [0.15, 0.2) is 0 Å². The van der Waals surface area contributed by atoms with E-state index in [1.165, 1.54) is 11.1 Å². The zero-order valence-electron chi connectivity index (χ0n) is 10.4. The Morgan fingerprint density at radius 1 is 1.44 bits per heavy atom. The van der Waals surface area contributed by atoms with E-state index in [0.29, 0.717) is 13.2 Å². The van der Waals surface area contributed by atoms with Gasteiger partial charge in [-0.25, -0.2) is 0 Å². The Bertz CT molecular complexity index is 467. The molecule has 4 heteroatoms. The van der Waals surface area contributed by atoms with E-state index >= 15 is 0 Å². The van der Waals surface area contributed by atoms with E-state index in [2.05, 4.69) is 6.07 Å². The van der Waals surface area contributed by atoms with Crippen molar-refractivity contribution in [1.82, 2.24) is 4.90 Å². The summed E-state index contributed by atoms with van der Waals surface area (Å²) >= 11 is 0. The quantitative estimate of drug-likeness (QED) is 0.761. The third-order valence-corrected chi connectivity index (χ3v) is 3.82. The number of ether oxygens (including phenoxy) is 1. The van der Waals surface area contributed by atoms with E-state index in [-0.39, 0.29) is 12.0 Å². The molecule has 1 fully saturated rings. The highest BCUT2D eigenvalue weighted by Crippen LogP contribution is 2.25. The summed E-state index contributed by atoms with van der Waals surface area (Å²) in [6.45, 7) is 2.13. The van der Waals surface area contributed by atoms with Gasteiger partial charge in [-0.15, -0.1) is 0 Å². The third kappa shape index (κ3) is 1.97. The summed E-state index contributed by atoms with van der Waals surface area (Å²) in [5.74, 6) is 0.139. The van der Waals surface area contributed by atoms with E-state index in [1.54, 1.807) is 0 Å². The van der Waals surface area contributed by atoms with E-state index in [4.69, 9.17) is 10.5 Å². The maximum absolute atomic E-state index is 12.3. The van der Waals surface area contributed by atoms with E-state index in [9.17, 15) is 4.79 Å². The molecule has 1 atom stereocenters. The monoisotopic (exact) mass is 246 g/mol. The van der Waals surface area contributed by atoms with Gasteiger partial charge in [-0.2, -0.15) is 0 Å². The molecule has 0 aromatic heterocycles. The standard InChI is InChI=1S/C14H18N2O2/c15-12-4-1-3-10-9-16(7-6-11(10)12)14(17)13-5-2-8-18-13/h1,3-4,13H,2,5-9,15H2/t13-/m1/s1. The lowest BCUT2D eigenvalue weighted by molar-refractivity contribution is -0.141. The van der Waals surface area contributed by atoms with E-state index in [0.717, 1.165) is 31.5 Å². The molecule has 0 spiro atoms. The second-order valence-electron chi connectivity index (χ2n) is 5.00. The van der Waals surface area contributed by atoms with Gasteiger partial charge in [0, 0.05) is 25.4 Å². The van der Waals surface area contributed by atoms with Crippen LogP contribution in [0.3, 0.4) is 0 Å². The molecule has 0 saturated carbocycles. The van der Waals surface area contributed by atoms with Crippen molar-refractivity contribution in [2.24, 2.45) is 0 Å². The second-order valence-corrected chi connectivity index (χ2v) is 5.00. The molecule has 0 unspecified atom stereocenters. The van der Waals surface area contributed by atoms with Crippen LogP contribution >= 0.6 is 0 Å². The number of carbonyl (C=O) groups is 1. The molecule has 0 radical (unpaired) electrons. The van der Waals surface area contributed by atoms with Crippen LogP contribution in [-0.4, -0.2) is 30.1 Å². The summed E-state index contributed by atoms with van der Waals surface area (Å²) < 4.78 is 5.46. The molecule has 18 heavy (non-hydrogen) atoms. The molecule has 0 bridgehead atoms. The van der Waals surface area contributed by atoms with Crippen LogP contribution in [0.4, 0.5) is 5.69 Å². The van der Waals surface area contributed by atoms with Gasteiger partial charge in [-0.05, 0) is 36.5 Å². The Morgan fingerprint density at radius 2 is 2.33 bits per heavy atom. The number of anilines is 1. The summed E-state index contributed by atoms with van der Waals surface area (Å²) in [4.78, 5) is 14.2. The Kier molecular flexibility index (Phi) is 2.96. The summed E-state index contributed by atoms with van der Waals surface area (Å²) in [5, 5.41) is 0. The fraction of sp³-hybridized carbons (Fsp3) is 0.500. The summed E-state index contributed by atoms with van der Waals surface area (Å²) in [5.41, 5.74) is 9.18. The van der Waals surface area contributed by atoms with Crippen molar-refractivity contribution in [1.29, 1.82) is 0 Å². The fourth-order valence-electron chi connectivity index (χ4n) is 2.80. The first-order chi connectivity index (χ1) is 8.75. The summed E-state index contributed by atoms with van der Waals surface area (Å²) in [6, 6.07) is 5.94. The van der Waals surface area contributed by atoms with Crippen molar-refractivity contribution in [3.8, 4) is 0 Å². The molecular formula is C14H18N2O2. The average Bonchev–Trinajstić information content (AvgIpc) is 2.91. The molecule has 2 N–H and O–H groups in total. The van der Waals surface area contributed by atoms with Crippen molar-refractivity contribution in [2.75, 3.05) is 18.9 Å². The number of carbonyl (C=O) groups excluding carboxylic acids is 1. The maximum Gasteiger partial charge on any atom is 0.252 e. The molecule has 3 rings (SSSR count). The molecule has 4 nitrogen and oxygen atoms in total. The molecule has 96 valence electrons. The predicted octanol–water partition coefficient (Wildman–Crippen LogP) is 1.33. The van der Waals surface area contributed by atoms with Gasteiger partial charge in [-0.3, -0.25) is 4.79 Å². The molecule has 1 amide bonds. The van der Waals surface area contributed by atoms with Crippen molar-refractivity contribution >= 4 is 11.6 Å². The van der Waals surface area contributed by atoms with Crippen LogP contribution in [-0.2, 0) is 22.5 Å². The van der Waals surface area contributed by atoms with Gasteiger partial charge >= 0.3 is 0 Å². The van der Waals surface area contributed by atoms with E-state index < -0.39 is 0 Å². The van der Waals surface area contributed by atoms with Gasteiger partial charge in [0.1, 0.15) is 6.10 Å². The van der Waals surface area contributed by atoms with Crippen LogP contribution in [0.2, 0.25) is 0 Å². The molecule has 2 aliphatic rings. The molecule has 1 aromatic rings. The molecule has 1 saturated heterocycles. The Balaban J connectivity index is 1.76. The van der Waals surface area contributed by atoms with Crippen LogP contribution < -0.4 is 5.73 Å². The SMILES string of the molecule is Nc1cccc2c1CCN(C(=O)[C@H]1CCCO1)C2. The summed E-state index contributed by atoms with van der Waals surface area (Å²) in [7, 11) is 0. The molecule has 2 heterocycles. The maximum atomic E-state index is 12.3. The number of rotatable bonds is 1. The minimum absolute atomic E-state index is 0.139. The van der Waals surface area contributed by atoms with Gasteiger partial charge in [0.2, 0.25) is 0 Å². The molecule has 1 aromatic carbocycles. The number of hydrogen-bond donors (Lipinski definition) is 1. The number of fused-ring (bicyclic) bond motifs is 1. The highest BCUT2D eigenvalue weighted by atomic mass is 16.5. The molecule has 0 aliphatic carbocycles. The van der Waals surface area contributed by atoms with Crippen molar-refractivity contribution < 1.29 is 9.53 Å². The Hall–Kier alpha value is -1.55. The highest BCUT2D eigenvalue weighted by Gasteiger charge is 2.30. The molecule has 2 aliphatic heterocycles. The Labute approximate surface area is 107 Å². The van der Waals surface area contributed by atoms with Crippen molar-refractivity contribution in [3.63, 3.8) is 0 Å². The van der Waals surface area contributed by atoms with E-state index in [1.807, 2.05) is 17.0 Å². The average molecular weight is 246 g/mol. The number of nitrogens with two attached hydrogens (primary N) is 1. The smallest absolute Gasteiger partial charge is 0.252 e. The van der Waals surface area contributed by atoms with Crippen LogP contribution in [0.1, 0.15) is 24.0 Å². The number of nitrogens with zero attached hydrogens (tertiary/aromatic N) is 1. The Morgan fingerprint density at radius 3 is 3.11 bits per heavy atom. The largest absolute Gasteiger partial charge is 0.398 e. The van der Waals surface area contributed by atoms with Crippen LogP contribution in [0, 0.1) is 0 Å². The fourth-order valence-corrected chi connectivity index (χ4v) is 2.80. The van der Waals surface area contributed by atoms with Crippen molar-refractivity contribution in [2.45, 2.75) is 31.9 Å². The lowest BCUT2D eigenvalue weighted by Crippen LogP contribution is -2.42.